The first kappa shape index (κ1) is 34.0. The van der Waals surface area contributed by atoms with Crippen molar-refractivity contribution >= 4 is 0 Å². The Balaban J connectivity index is 0.983. The van der Waals surface area contributed by atoms with E-state index in [0.717, 1.165) is 57.0 Å². The molecular formula is C39H66O3. The van der Waals surface area contributed by atoms with Crippen LogP contribution in [0.15, 0.2) is 12.1 Å². The molecule has 0 radical (unpaired) electrons. The van der Waals surface area contributed by atoms with E-state index in [1.807, 2.05) is 0 Å². The molecule has 42 heavy (non-hydrogen) atoms. The molecule has 0 aliphatic heterocycles. The Kier molecular flexibility index (Phi) is 15.2. The van der Waals surface area contributed by atoms with Gasteiger partial charge in [0.2, 0.25) is 0 Å². The zero-order chi connectivity index (χ0) is 29.6. The van der Waals surface area contributed by atoms with E-state index in [0.29, 0.717) is 18.1 Å². The molecule has 0 aromatic heterocycles. The first-order valence-electron chi connectivity index (χ1n) is 18.4. The van der Waals surface area contributed by atoms with Crippen molar-refractivity contribution in [1.82, 2.24) is 0 Å². The van der Waals surface area contributed by atoms with Crippen LogP contribution in [-0.2, 0) is 14.2 Å². The van der Waals surface area contributed by atoms with Crippen molar-refractivity contribution in [3.05, 3.63) is 34.4 Å². The van der Waals surface area contributed by atoms with Crippen molar-refractivity contribution in [1.29, 1.82) is 0 Å². The lowest BCUT2D eigenvalue weighted by Crippen LogP contribution is -2.22. The van der Waals surface area contributed by atoms with Gasteiger partial charge >= 0.3 is 0 Å². The third kappa shape index (κ3) is 11.2. The lowest BCUT2D eigenvalue weighted by Gasteiger charge is -2.32. The lowest BCUT2D eigenvalue weighted by atomic mass is 9.74. The normalized spacial score (nSPS) is 28.7. The smallest absolute Gasteiger partial charge is 0.0575 e. The molecule has 1 aromatic carbocycles. The molecule has 0 bridgehead atoms. The molecule has 3 aliphatic rings. The van der Waals surface area contributed by atoms with Crippen LogP contribution in [0.3, 0.4) is 0 Å². The summed E-state index contributed by atoms with van der Waals surface area (Å²) in [6.45, 7) is 13.1. The van der Waals surface area contributed by atoms with Crippen LogP contribution in [0.4, 0.5) is 0 Å². The molecule has 0 unspecified atom stereocenters. The Bertz CT molecular complexity index is 833. The van der Waals surface area contributed by atoms with Gasteiger partial charge in [0.15, 0.2) is 0 Å². The molecule has 0 spiro atoms. The van der Waals surface area contributed by atoms with Gasteiger partial charge in [0.05, 0.1) is 12.2 Å². The second-order valence-corrected chi connectivity index (χ2v) is 14.5. The van der Waals surface area contributed by atoms with Gasteiger partial charge in [-0.2, -0.15) is 0 Å². The van der Waals surface area contributed by atoms with E-state index in [-0.39, 0.29) is 0 Å². The molecule has 240 valence electrons. The maximum atomic E-state index is 6.30. The molecule has 3 saturated carbocycles. The Morgan fingerprint density at radius 2 is 1.05 bits per heavy atom. The number of hydrogen-bond acceptors (Lipinski definition) is 3. The van der Waals surface area contributed by atoms with E-state index in [4.69, 9.17) is 14.2 Å². The summed E-state index contributed by atoms with van der Waals surface area (Å²) in [5.74, 6) is 3.39. The van der Waals surface area contributed by atoms with Gasteiger partial charge in [-0.15, -0.1) is 0 Å². The van der Waals surface area contributed by atoms with Gasteiger partial charge in [-0.05, 0) is 163 Å². The van der Waals surface area contributed by atoms with Crippen LogP contribution in [0.25, 0.3) is 0 Å². The summed E-state index contributed by atoms with van der Waals surface area (Å²) in [5.41, 5.74) is 6.38. The molecule has 0 heterocycles. The third-order valence-corrected chi connectivity index (χ3v) is 11.1. The second kappa shape index (κ2) is 18.8. The summed E-state index contributed by atoms with van der Waals surface area (Å²) in [6.07, 6.45) is 25.4. The van der Waals surface area contributed by atoms with Crippen molar-refractivity contribution in [2.24, 2.45) is 11.8 Å². The number of rotatable bonds is 17. The van der Waals surface area contributed by atoms with Crippen LogP contribution in [0.1, 0.15) is 170 Å². The Hall–Kier alpha value is -0.900. The highest BCUT2D eigenvalue weighted by Crippen LogP contribution is 2.42. The minimum Gasteiger partial charge on any atom is -0.381 e. The highest BCUT2D eigenvalue weighted by molar-refractivity contribution is 5.42. The van der Waals surface area contributed by atoms with Crippen LogP contribution in [0.2, 0.25) is 0 Å². The summed E-state index contributed by atoms with van der Waals surface area (Å²) >= 11 is 0. The standard InChI is InChI=1S/C39H66O3/c1-5-33-14-16-35(17-15-33)39-31(3)28-36(29-32(39)4)34-18-22-38(23-19-34)42-27-11-10-25-40-24-8-6-7-9-26-41-37-20-12-30(2)13-21-37/h28-30,33-35,37-38H,5-27H2,1-4H3. The monoisotopic (exact) mass is 583 g/mol. The molecule has 0 N–H and O–H groups in total. The van der Waals surface area contributed by atoms with E-state index in [1.54, 1.807) is 22.3 Å². The fraction of sp³-hybridized carbons (Fsp3) is 0.846. The molecule has 1 aromatic rings. The highest BCUT2D eigenvalue weighted by Gasteiger charge is 2.27. The first-order chi connectivity index (χ1) is 20.5. The molecule has 4 rings (SSSR count). The van der Waals surface area contributed by atoms with Crippen LogP contribution in [-0.4, -0.2) is 38.6 Å². The number of benzene rings is 1. The summed E-state index contributed by atoms with van der Waals surface area (Å²) < 4.78 is 18.3. The number of ether oxygens (including phenoxy) is 3. The van der Waals surface area contributed by atoms with Crippen LogP contribution in [0, 0.1) is 25.7 Å². The van der Waals surface area contributed by atoms with E-state index in [2.05, 4.69) is 39.8 Å². The molecule has 0 amide bonds. The fourth-order valence-corrected chi connectivity index (χ4v) is 8.27. The first-order valence-corrected chi connectivity index (χ1v) is 18.4. The van der Waals surface area contributed by atoms with Crippen LogP contribution in [0.5, 0.6) is 0 Å². The zero-order valence-corrected chi connectivity index (χ0v) is 28.1. The van der Waals surface area contributed by atoms with Crippen molar-refractivity contribution in [3.8, 4) is 0 Å². The van der Waals surface area contributed by atoms with Gasteiger partial charge in [-0.3, -0.25) is 0 Å². The van der Waals surface area contributed by atoms with Crippen LogP contribution >= 0.6 is 0 Å². The molecular weight excluding hydrogens is 516 g/mol. The van der Waals surface area contributed by atoms with Gasteiger partial charge in [-0.25, -0.2) is 0 Å². The molecule has 0 saturated heterocycles. The minimum atomic E-state index is 0.461. The third-order valence-electron chi connectivity index (χ3n) is 11.1. The zero-order valence-electron chi connectivity index (χ0n) is 28.1. The quantitative estimate of drug-likeness (QED) is 0.171. The van der Waals surface area contributed by atoms with Crippen molar-refractivity contribution in [2.45, 2.75) is 174 Å². The Morgan fingerprint density at radius 3 is 1.62 bits per heavy atom. The average molecular weight is 583 g/mol. The lowest BCUT2D eigenvalue weighted by molar-refractivity contribution is 0.0172. The van der Waals surface area contributed by atoms with Gasteiger partial charge in [0, 0.05) is 26.4 Å². The van der Waals surface area contributed by atoms with Crippen LogP contribution < -0.4 is 0 Å². The Labute approximate surface area is 260 Å². The molecule has 3 fully saturated rings. The van der Waals surface area contributed by atoms with Gasteiger partial charge in [0.1, 0.15) is 0 Å². The maximum absolute atomic E-state index is 6.30. The summed E-state index contributed by atoms with van der Waals surface area (Å²) in [4.78, 5) is 0. The van der Waals surface area contributed by atoms with Crippen molar-refractivity contribution < 1.29 is 14.2 Å². The number of aryl methyl sites for hydroxylation is 2. The van der Waals surface area contributed by atoms with E-state index in [1.165, 1.54) is 109 Å². The van der Waals surface area contributed by atoms with E-state index < -0.39 is 0 Å². The summed E-state index contributed by atoms with van der Waals surface area (Å²) in [6, 6.07) is 5.10. The fourth-order valence-electron chi connectivity index (χ4n) is 8.27. The molecule has 3 heteroatoms. The van der Waals surface area contributed by atoms with Crippen molar-refractivity contribution in [3.63, 3.8) is 0 Å². The topological polar surface area (TPSA) is 27.7 Å². The van der Waals surface area contributed by atoms with E-state index >= 15 is 0 Å². The minimum absolute atomic E-state index is 0.461. The Morgan fingerprint density at radius 1 is 0.571 bits per heavy atom. The predicted octanol–water partition coefficient (Wildman–Crippen LogP) is 11.0. The summed E-state index contributed by atoms with van der Waals surface area (Å²) in [5, 5.41) is 0. The van der Waals surface area contributed by atoms with Gasteiger partial charge in [-0.1, -0.05) is 45.2 Å². The van der Waals surface area contributed by atoms with Gasteiger partial charge in [0.25, 0.3) is 0 Å². The van der Waals surface area contributed by atoms with Gasteiger partial charge < -0.3 is 14.2 Å². The molecule has 0 atom stereocenters. The highest BCUT2D eigenvalue weighted by atomic mass is 16.5. The number of hydrogen-bond donors (Lipinski definition) is 0. The molecule has 3 nitrogen and oxygen atoms in total. The number of unbranched alkanes of at least 4 members (excludes halogenated alkanes) is 4. The second-order valence-electron chi connectivity index (χ2n) is 14.5. The van der Waals surface area contributed by atoms with E-state index in [9.17, 15) is 0 Å². The van der Waals surface area contributed by atoms with Crippen molar-refractivity contribution in [2.75, 3.05) is 26.4 Å². The maximum Gasteiger partial charge on any atom is 0.0575 e. The summed E-state index contributed by atoms with van der Waals surface area (Å²) in [7, 11) is 0. The predicted molar refractivity (Wildman–Crippen MR) is 178 cm³/mol. The average Bonchev–Trinajstić information content (AvgIpc) is 3.00. The SMILES string of the molecule is CCC1CCC(c2c(C)cc(C3CCC(OCCCCOCCCCCCOC4CCC(C)CC4)CC3)cc2C)CC1. The largest absolute Gasteiger partial charge is 0.381 e. The molecule has 3 aliphatic carbocycles.